The minimum absolute atomic E-state index is 0.0317. The van der Waals surface area contributed by atoms with E-state index in [4.69, 9.17) is 0 Å². The van der Waals surface area contributed by atoms with Crippen LogP contribution in [0.15, 0.2) is 35.9 Å². The molecule has 0 saturated heterocycles. The number of amides is 1. The first kappa shape index (κ1) is 15.5. The maximum absolute atomic E-state index is 12.8. The minimum atomic E-state index is -0.337. The molecule has 21 heavy (non-hydrogen) atoms. The van der Waals surface area contributed by atoms with Gasteiger partial charge >= 0.3 is 0 Å². The zero-order valence-corrected chi connectivity index (χ0v) is 12.5. The summed E-state index contributed by atoms with van der Waals surface area (Å²) in [5, 5.41) is 6.01. The highest BCUT2D eigenvalue weighted by Gasteiger charge is 2.12. The highest BCUT2D eigenvalue weighted by Crippen LogP contribution is 2.19. The Balaban J connectivity index is 1.72. The summed E-state index contributed by atoms with van der Waals surface area (Å²) in [7, 11) is 0. The summed E-state index contributed by atoms with van der Waals surface area (Å²) in [6.45, 7) is 2.48. The van der Waals surface area contributed by atoms with E-state index in [-0.39, 0.29) is 17.8 Å². The molecular weight excluding hydrogens is 267 g/mol. The van der Waals surface area contributed by atoms with Gasteiger partial charge in [-0.15, -0.1) is 0 Å². The Labute approximate surface area is 125 Å². The van der Waals surface area contributed by atoms with Gasteiger partial charge in [0.15, 0.2) is 0 Å². The van der Waals surface area contributed by atoms with Crippen molar-refractivity contribution in [1.29, 1.82) is 0 Å². The van der Waals surface area contributed by atoms with Crippen molar-refractivity contribution >= 4 is 11.6 Å². The maximum Gasteiger partial charge on any atom is 0.242 e. The first-order valence-corrected chi connectivity index (χ1v) is 7.63. The predicted molar refractivity (Wildman–Crippen MR) is 83.7 cm³/mol. The SMILES string of the molecule is C[C@@H](Nc1ccc(F)cc1)C(=O)NCCC1=CCCCC1. The van der Waals surface area contributed by atoms with Gasteiger partial charge < -0.3 is 10.6 Å². The van der Waals surface area contributed by atoms with Crippen molar-refractivity contribution in [2.24, 2.45) is 0 Å². The van der Waals surface area contributed by atoms with Gasteiger partial charge in [-0.05, 0) is 63.3 Å². The van der Waals surface area contributed by atoms with E-state index in [9.17, 15) is 9.18 Å². The van der Waals surface area contributed by atoms with Crippen LogP contribution >= 0.6 is 0 Å². The largest absolute Gasteiger partial charge is 0.374 e. The molecule has 2 N–H and O–H groups in total. The molecule has 1 aliphatic carbocycles. The van der Waals surface area contributed by atoms with Gasteiger partial charge in [-0.3, -0.25) is 4.79 Å². The minimum Gasteiger partial charge on any atom is -0.374 e. The molecule has 0 unspecified atom stereocenters. The third kappa shape index (κ3) is 5.21. The van der Waals surface area contributed by atoms with Gasteiger partial charge in [-0.2, -0.15) is 0 Å². The maximum atomic E-state index is 12.8. The first-order chi connectivity index (χ1) is 10.1. The van der Waals surface area contributed by atoms with Crippen LogP contribution in [0.25, 0.3) is 0 Å². The molecule has 114 valence electrons. The van der Waals surface area contributed by atoms with Gasteiger partial charge in [0.1, 0.15) is 11.9 Å². The predicted octanol–water partition coefficient (Wildman–Crippen LogP) is 3.63. The van der Waals surface area contributed by atoms with E-state index in [1.54, 1.807) is 19.1 Å². The van der Waals surface area contributed by atoms with Crippen LogP contribution in [0.5, 0.6) is 0 Å². The highest BCUT2D eigenvalue weighted by atomic mass is 19.1. The van der Waals surface area contributed by atoms with E-state index < -0.39 is 0 Å². The molecule has 4 heteroatoms. The molecule has 3 nitrogen and oxygen atoms in total. The zero-order valence-electron chi connectivity index (χ0n) is 12.5. The lowest BCUT2D eigenvalue weighted by Crippen LogP contribution is -2.38. The van der Waals surface area contributed by atoms with Crippen LogP contribution in [0.1, 0.15) is 39.0 Å². The van der Waals surface area contributed by atoms with Crippen LogP contribution in [0.2, 0.25) is 0 Å². The normalized spacial score (nSPS) is 16.0. The van der Waals surface area contributed by atoms with Crippen molar-refractivity contribution in [3.8, 4) is 0 Å². The number of nitrogens with one attached hydrogen (secondary N) is 2. The quantitative estimate of drug-likeness (QED) is 0.785. The molecule has 2 rings (SSSR count). The molecule has 1 atom stereocenters. The monoisotopic (exact) mass is 290 g/mol. The lowest BCUT2D eigenvalue weighted by Gasteiger charge is -2.16. The molecule has 0 heterocycles. The Kier molecular flexibility index (Phi) is 5.78. The van der Waals surface area contributed by atoms with E-state index in [2.05, 4.69) is 16.7 Å². The molecule has 0 radical (unpaired) electrons. The van der Waals surface area contributed by atoms with Crippen molar-refractivity contribution in [3.05, 3.63) is 41.7 Å². The van der Waals surface area contributed by atoms with Gasteiger partial charge in [-0.25, -0.2) is 4.39 Å². The number of benzene rings is 1. The molecule has 0 saturated carbocycles. The second-order valence-corrected chi connectivity index (χ2v) is 5.52. The lowest BCUT2D eigenvalue weighted by molar-refractivity contribution is -0.121. The Hall–Kier alpha value is -1.84. The Morgan fingerprint density at radius 1 is 1.29 bits per heavy atom. The molecule has 0 fully saturated rings. The average Bonchev–Trinajstić information content (AvgIpc) is 2.50. The van der Waals surface area contributed by atoms with E-state index >= 15 is 0 Å². The zero-order chi connectivity index (χ0) is 15.1. The number of allylic oxidation sites excluding steroid dienone is 1. The number of carbonyl (C=O) groups excluding carboxylic acids is 1. The molecule has 1 aromatic carbocycles. The molecule has 0 bridgehead atoms. The van der Waals surface area contributed by atoms with E-state index in [0.29, 0.717) is 6.54 Å². The Bertz CT molecular complexity index is 496. The second kappa shape index (κ2) is 7.81. The van der Waals surface area contributed by atoms with Crippen LogP contribution < -0.4 is 10.6 Å². The van der Waals surface area contributed by atoms with Crippen molar-refractivity contribution in [1.82, 2.24) is 5.32 Å². The number of anilines is 1. The number of carbonyl (C=O) groups is 1. The van der Waals surface area contributed by atoms with Crippen molar-refractivity contribution in [3.63, 3.8) is 0 Å². The fourth-order valence-electron chi connectivity index (χ4n) is 2.49. The van der Waals surface area contributed by atoms with E-state index in [1.807, 2.05) is 0 Å². The van der Waals surface area contributed by atoms with Gasteiger partial charge in [0.25, 0.3) is 0 Å². The van der Waals surface area contributed by atoms with Crippen molar-refractivity contribution in [2.45, 2.75) is 45.1 Å². The van der Waals surface area contributed by atoms with E-state index in [1.165, 1.54) is 43.4 Å². The van der Waals surface area contributed by atoms with Crippen LogP contribution in [0, 0.1) is 5.82 Å². The van der Waals surface area contributed by atoms with Gasteiger partial charge in [0.2, 0.25) is 5.91 Å². The number of hydrogen-bond donors (Lipinski definition) is 2. The fraction of sp³-hybridized carbons (Fsp3) is 0.471. The molecule has 1 aromatic rings. The lowest BCUT2D eigenvalue weighted by atomic mass is 9.97. The third-order valence-electron chi connectivity index (χ3n) is 3.75. The summed E-state index contributed by atoms with van der Waals surface area (Å²) in [5.74, 6) is -0.311. The molecule has 1 amide bonds. The van der Waals surface area contributed by atoms with Crippen molar-refractivity contribution < 1.29 is 9.18 Å². The Morgan fingerprint density at radius 3 is 2.71 bits per heavy atom. The van der Waals surface area contributed by atoms with Crippen LogP contribution in [-0.2, 0) is 4.79 Å². The van der Waals surface area contributed by atoms with Crippen molar-refractivity contribution in [2.75, 3.05) is 11.9 Å². The summed E-state index contributed by atoms with van der Waals surface area (Å²) in [6, 6.07) is 5.68. The summed E-state index contributed by atoms with van der Waals surface area (Å²) >= 11 is 0. The molecule has 0 aromatic heterocycles. The smallest absolute Gasteiger partial charge is 0.242 e. The van der Waals surface area contributed by atoms with Gasteiger partial charge in [-0.1, -0.05) is 11.6 Å². The van der Waals surface area contributed by atoms with Crippen LogP contribution in [0.4, 0.5) is 10.1 Å². The third-order valence-corrected chi connectivity index (χ3v) is 3.75. The number of rotatable bonds is 6. The highest BCUT2D eigenvalue weighted by molar-refractivity contribution is 5.84. The van der Waals surface area contributed by atoms with E-state index in [0.717, 1.165) is 12.1 Å². The first-order valence-electron chi connectivity index (χ1n) is 7.63. The summed E-state index contributed by atoms with van der Waals surface area (Å²) in [4.78, 5) is 12.0. The topological polar surface area (TPSA) is 41.1 Å². The summed E-state index contributed by atoms with van der Waals surface area (Å²) < 4.78 is 12.8. The van der Waals surface area contributed by atoms with Crippen LogP contribution in [0.3, 0.4) is 0 Å². The molecule has 1 aliphatic rings. The van der Waals surface area contributed by atoms with Gasteiger partial charge in [0, 0.05) is 12.2 Å². The average molecular weight is 290 g/mol. The molecular formula is C17H23FN2O. The Morgan fingerprint density at radius 2 is 2.05 bits per heavy atom. The standard InChI is InChI=1S/C17H23FN2O/c1-13(20-16-9-7-15(18)8-10-16)17(21)19-12-11-14-5-3-2-4-6-14/h5,7-10,13,20H,2-4,6,11-12H2,1H3,(H,19,21)/t13-/m1/s1. The fourth-order valence-corrected chi connectivity index (χ4v) is 2.49. The summed E-state index contributed by atoms with van der Waals surface area (Å²) in [6.07, 6.45) is 8.13. The second-order valence-electron chi connectivity index (χ2n) is 5.52. The van der Waals surface area contributed by atoms with Gasteiger partial charge in [0.05, 0.1) is 0 Å². The molecule has 0 spiro atoms. The molecule has 0 aliphatic heterocycles. The summed E-state index contributed by atoms with van der Waals surface area (Å²) in [5.41, 5.74) is 2.20. The number of hydrogen-bond acceptors (Lipinski definition) is 2. The number of halogens is 1. The van der Waals surface area contributed by atoms with Crippen LogP contribution in [-0.4, -0.2) is 18.5 Å².